The zero-order valence-electron chi connectivity index (χ0n) is 12.6. The van der Waals surface area contributed by atoms with Gasteiger partial charge in [-0.1, -0.05) is 41.9 Å². The largest absolute Gasteiger partial charge is 0.383 e. The number of anilines is 1. The first-order valence-corrected chi connectivity index (χ1v) is 8.04. The van der Waals surface area contributed by atoms with E-state index in [1.807, 2.05) is 30.3 Å². The van der Waals surface area contributed by atoms with Gasteiger partial charge >= 0.3 is 6.03 Å². The van der Waals surface area contributed by atoms with Crippen molar-refractivity contribution in [3.8, 4) is 0 Å². The molecule has 3 rings (SSSR count). The van der Waals surface area contributed by atoms with Crippen molar-refractivity contribution >= 4 is 23.3 Å². The lowest BCUT2D eigenvalue weighted by Gasteiger charge is -2.29. The van der Waals surface area contributed by atoms with Crippen LogP contribution < -0.4 is 10.6 Å². The van der Waals surface area contributed by atoms with Gasteiger partial charge in [0.25, 0.3) is 0 Å². The standard InChI is InChI=1S/C18H19ClN2O2/c19-15-8-10-16(11-9-15)21-17(22)20-12-18(23,14-6-7-14)13-4-2-1-3-5-13/h1-5,8-11,14,23H,6-7,12H2,(H2,20,21,22). The summed E-state index contributed by atoms with van der Waals surface area (Å²) in [7, 11) is 0. The van der Waals surface area contributed by atoms with Crippen LogP contribution in [0.15, 0.2) is 54.6 Å². The van der Waals surface area contributed by atoms with Gasteiger partial charge in [-0.25, -0.2) is 4.79 Å². The number of nitrogens with one attached hydrogen (secondary N) is 2. The number of urea groups is 1. The molecule has 0 aliphatic heterocycles. The minimum Gasteiger partial charge on any atom is -0.383 e. The van der Waals surface area contributed by atoms with Crippen LogP contribution in [-0.4, -0.2) is 17.7 Å². The van der Waals surface area contributed by atoms with Crippen LogP contribution >= 0.6 is 11.6 Å². The van der Waals surface area contributed by atoms with Gasteiger partial charge in [0.05, 0.1) is 6.54 Å². The fraction of sp³-hybridized carbons (Fsp3) is 0.278. The van der Waals surface area contributed by atoms with Gasteiger partial charge in [-0.2, -0.15) is 0 Å². The minimum absolute atomic E-state index is 0.182. The van der Waals surface area contributed by atoms with Crippen LogP contribution in [0.3, 0.4) is 0 Å². The van der Waals surface area contributed by atoms with Crippen molar-refractivity contribution in [3.63, 3.8) is 0 Å². The summed E-state index contributed by atoms with van der Waals surface area (Å²) in [6, 6.07) is 16.0. The molecule has 0 radical (unpaired) electrons. The lowest BCUT2D eigenvalue weighted by atomic mass is 9.89. The van der Waals surface area contributed by atoms with Gasteiger partial charge in [-0.15, -0.1) is 0 Å². The van der Waals surface area contributed by atoms with Crippen molar-refractivity contribution in [2.24, 2.45) is 5.92 Å². The lowest BCUT2D eigenvalue weighted by molar-refractivity contribution is 0.0164. The van der Waals surface area contributed by atoms with Crippen molar-refractivity contribution in [1.29, 1.82) is 0 Å². The van der Waals surface area contributed by atoms with E-state index in [-0.39, 0.29) is 18.5 Å². The van der Waals surface area contributed by atoms with Crippen molar-refractivity contribution in [3.05, 3.63) is 65.2 Å². The van der Waals surface area contributed by atoms with Crippen molar-refractivity contribution < 1.29 is 9.90 Å². The van der Waals surface area contributed by atoms with Crippen LogP contribution in [0.1, 0.15) is 18.4 Å². The molecular formula is C18H19ClN2O2. The quantitative estimate of drug-likeness (QED) is 0.781. The topological polar surface area (TPSA) is 61.4 Å². The Labute approximate surface area is 140 Å². The molecule has 1 fully saturated rings. The third-order valence-corrected chi connectivity index (χ3v) is 4.40. The zero-order valence-corrected chi connectivity index (χ0v) is 13.4. The second-order valence-electron chi connectivity index (χ2n) is 5.88. The molecule has 1 unspecified atom stereocenters. The van der Waals surface area contributed by atoms with E-state index in [1.54, 1.807) is 24.3 Å². The molecule has 0 spiro atoms. The Morgan fingerprint density at radius 3 is 2.39 bits per heavy atom. The van der Waals surface area contributed by atoms with Crippen LogP contribution in [0.2, 0.25) is 5.02 Å². The lowest BCUT2D eigenvalue weighted by Crippen LogP contribution is -2.43. The first-order chi connectivity index (χ1) is 11.1. The van der Waals surface area contributed by atoms with E-state index >= 15 is 0 Å². The highest BCUT2D eigenvalue weighted by atomic mass is 35.5. The zero-order chi connectivity index (χ0) is 16.3. The van der Waals surface area contributed by atoms with Crippen LogP contribution in [-0.2, 0) is 5.60 Å². The molecule has 0 bridgehead atoms. The van der Waals surface area contributed by atoms with Crippen molar-refractivity contribution in [2.75, 3.05) is 11.9 Å². The molecule has 5 heteroatoms. The van der Waals surface area contributed by atoms with E-state index in [1.165, 1.54) is 0 Å². The molecule has 0 aromatic heterocycles. The number of carbonyl (C=O) groups is 1. The molecule has 23 heavy (non-hydrogen) atoms. The van der Waals surface area contributed by atoms with E-state index in [9.17, 15) is 9.90 Å². The molecule has 0 saturated heterocycles. The van der Waals surface area contributed by atoms with Crippen molar-refractivity contribution in [1.82, 2.24) is 5.32 Å². The summed E-state index contributed by atoms with van der Waals surface area (Å²) in [4.78, 5) is 12.1. The number of hydrogen-bond acceptors (Lipinski definition) is 2. The second-order valence-corrected chi connectivity index (χ2v) is 6.32. The summed E-state index contributed by atoms with van der Waals surface area (Å²) in [5, 5.41) is 17.1. The highest BCUT2D eigenvalue weighted by Gasteiger charge is 2.45. The Kier molecular flexibility index (Phi) is 4.55. The summed E-state index contributed by atoms with van der Waals surface area (Å²) in [5.41, 5.74) is 0.481. The third-order valence-electron chi connectivity index (χ3n) is 4.15. The van der Waals surface area contributed by atoms with Gasteiger partial charge in [0, 0.05) is 10.7 Å². The first-order valence-electron chi connectivity index (χ1n) is 7.66. The Morgan fingerprint density at radius 2 is 1.78 bits per heavy atom. The third kappa shape index (κ3) is 3.84. The first kappa shape index (κ1) is 15.8. The molecule has 1 saturated carbocycles. The number of aliphatic hydroxyl groups is 1. The average Bonchev–Trinajstić information content (AvgIpc) is 3.41. The summed E-state index contributed by atoms with van der Waals surface area (Å²) < 4.78 is 0. The molecule has 3 N–H and O–H groups in total. The van der Waals surface area contributed by atoms with Gasteiger partial charge in [-0.3, -0.25) is 0 Å². The van der Waals surface area contributed by atoms with Crippen LogP contribution in [0.5, 0.6) is 0 Å². The van der Waals surface area contributed by atoms with Crippen LogP contribution in [0.4, 0.5) is 10.5 Å². The fourth-order valence-electron chi connectivity index (χ4n) is 2.69. The molecule has 1 atom stereocenters. The van der Waals surface area contributed by atoms with Gasteiger partial charge in [0.2, 0.25) is 0 Å². The number of halogens is 1. The van der Waals surface area contributed by atoms with Gasteiger partial charge in [-0.05, 0) is 48.6 Å². The maximum Gasteiger partial charge on any atom is 0.319 e. The molecule has 2 aromatic carbocycles. The number of hydrogen-bond donors (Lipinski definition) is 3. The second kappa shape index (κ2) is 6.60. The molecule has 1 aliphatic rings. The Hall–Kier alpha value is -2.04. The molecule has 120 valence electrons. The molecule has 1 aliphatic carbocycles. The summed E-state index contributed by atoms with van der Waals surface area (Å²) in [5.74, 6) is 0.195. The van der Waals surface area contributed by atoms with E-state index in [2.05, 4.69) is 10.6 Å². The smallest absolute Gasteiger partial charge is 0.319 e. The summed E-state index contributed by atoms with van der Waals surface area (Å²) >= 11 is 5.82. The van der Waals surface area contributed by atoms with Gasteiger partial charge in [0.1, 0.15) is 5.60 Å². The maximum absolute atomic E-state index is 12.1. The maximum atomic E-state index is 12.1. The number of amides is 2. The summed E-state index contributed by atoms with van der Waals surface area (Å²) in [6.45, 7) is 0.182. The molecular weight excluding hydrogens is 312 g/mol. The molecule has 2 amide bonds. The highest BCUT2D eigenvalue weighted by Crippen LogP contribution is 2.45. The van der Waals surface area contributed by atoms with E-state index in [0.717, 1.165) is 18.4 Å². The Morgan fingerprint density at radius 1 is 1.13 bits per heavy atom. The van der Waals surface area contributed by atoms with Gasteiger partial charge < -0.3 is 15.7 Å². The van der Waals surface area contributed by atoms with E-state index in [4.69, 9.17) is 11.6 Å². The normalized spacial score (nSPS) is 16.4. The average molecular weight is 331 g/mol. The minimum atomic E-state index is -1.02. The fourth-order valence-corrected chi connectivity index (χ4v) is 2.82. The van der Waals surface area contributed by atoms with E-state index < -0.39 is 5.60 Å². The Balaban J connectivity index is 1.63. The van der Waals surface area contributed by atoms with Crippen molar-refractivity contribution in [2.45, 2.75) is 18.4 Å². The molecule has 2 aromatic rings. The number of rotatable bonds is 5. The van der Waals surface area contributed by atoms with Crippen LogP contribution in [0, 0.1) is 5.92 Å². The SMILES string of the molecule is O=C(NCC(O)(c1ccccc1)C1CC1)Nc1ccc(Cl)cc1. The predicted octanol–water partition coefficient (Wildman–Crippen LogP) is 3.76. The summed E-state index contributed by atoms with van der Waals surface area (Å²) in [6.07, 6.45) is 1.96. The molecule has 4 nitrogen and oxygen atoms in total. The van der Waals surface area contributed by atoms with Gasteiger partial charge in [0.15, 0.2) is 0 Å². The van der Waals surface area contributed by atoms with E-state index in [0.29, 0.717) is 10.7 Å². The highest BCUT2D eigenvalue weighted by molar-refractivity contribution is 6.30. The molecule has 0 heterocycles. The number of benzene rings is 2. The van der Waals surface area contributed by atoms with Crippen LogP contribution in [0.25, 0.3) is 0 Å². The monoisotopic (exact) mass is 330 g/mol. The Bertz CT molecular complexity index is 671. The predicted molar refractivity (Wildman–Crippen MR) is 91.5 cm³/mol. The number of carbonyl (C=O) groups excluding carboxylic acids is 1.